The van der Waals surface area contributed by atoms with Gasteiger partial charge in [0, 0.05) is 18.9 Å². The SMILES string of the molecule is COCC(=O)N[C@H]1CO[C@H]2[C@@H]1OC[C@@H]2Nc1nccc(-c2cccc(C#N)c2)n1. The van der Waals surface area contributed by atoms with E-state index in [9.17, 15) is 4.79 Å². The normalized spacial score (nSPS) is 25.2. The average Bonchev–Trinajstić information content (AvgIpc) is 3.32. The molecule has 0 unspecified atom stereocenters. The number of nitriles is 1. The van der Waals surface area contributed by atoms with Crippen LogP contribution in [0.5, 0.6) is 0 Å². The van der Waals surface area contributed by atoms with E-state index < -0.39 is 0 Å². The molecule has 2 aliphatic rings. The van der Waals surface area contributed by atoms with Crippen LogP contribution in [0.25, 0.3) is 11.3 Å². The first-order valence-corrected chi connectivity index (χ1v) is 9.29. The van der Waals surface area contributed by atoms with Crippen molar-refractivity contribution in [2.45, 2.75) is 24.3 Å². The molecule has 2 fully saturated rings. The fourth-order valence-electron chi connectivity index (χ4n) is 3.63. The van der Waals surface area contributed by atoms with Gasteiger partial charge in [-0.25, -0.2) is 9.97 Å². The number of methoxy groups -OCH3 is 1. The van der Waals surface area contributed by atoms with Crippen molar-refractivity contribution in [3.05, 3.63) is 42.1 Å². The van der Waals surface area contributed by atoms with E-state index in [-0.39, 0.29) is 36.8 Å². The fourth-order valence-corrected chi connectivity index (χ4v) is 3.63. The van der Waals surface area contributed by atoms with E-state index in [2.05, 4.69) is 26.7 Å². The largest absolute Gasteiger partial charge is 0.375 e. The molecule has 4 rings (SSSR count). The molecule has 4 atom stereocenters. The van der Waals surface area contributed by atoms with Crippen LogP contribution in [0.1, 0.15) is 5.56 Å². The Labute approximate surface area is 168 Å². The number of nitrogens with one attached hydrogen (secondary N) is 2. The van der Waals surface area contributed by atoms with Crippen molar-refractivity contribution < 1.29 is 19.0 Å². The Kier molecular flexibility index (Phi) is 5.67. The highest BCUT2D eigenvalue weighted by atomic mass is 16.6. The summed E-state index contributed by atoms with van der Waals surface area (Å²) in [5.74, 6) is 0.256. The molecule has 0 spiro atoms. The van der Waals surface area contributed by atoms with Crippen molar-refractivity contribution in [1.82, 2.24) is 15.3 Å². The Bertz CT molecular complexity index is 931. The Morgan fingerprint density at radius 1 is 1.28 bits per heavy atom. The molecule has 3 heterocycles. The van der Waals surface area contributed by atoms with Crippen molar-refractivity contribution in [2.75, 3.05) is 32.2 Å². The van der Waals surface area contributed by atoms with Crippen LogP contribution in [0.15, 0.2) is 36.5 Å². The second kappa shape index (κ2) is 8.53. The molecule has 9 heteroatoms. The number of anilines is 1. The summed E-state index contributed by atoms with van der Waals surface area (Å²) in [5.41, 5.74) is 2.13. The van der Waals surface area contributed by atoms with E-state index in [1.54, 1.807) is 24.4 Å². The lowest BCUT2D eigenvalue weighted by atomic mass is 10.1. The van der Waals surface area contributed by atoms with Crippen molar-refractivity contribution in [1.29, 1.82) is 5.26 Å². The molecule has 9 nitrogen and oxygen atoms in total. The highest BCUT2D eigenvalue weighted by molar-refractivity contribution is 5.77. The second-order valence-corrected chi connectivity index (χ2v) is 6.91. The van der Waals surface area contributed by atoms with Gasteiger partial charge in [-0.15, -0.1) is 0 Å². The lowest BCUT2D eigenvalue weighted by molar-refractivity contribution is -0.126. The van der Waals surface area contributed by atoms with Gasteiger partial charge in [0.25, 0.3) is 0 Å². The molecule has 2 aromatic rings. The van der Waals surface area contributed by atoms with Crippen molar-refractivity contribution in [3.63, 3.8) is 0 Å². The molecule has 0 bridgehead atoms. The third kappa shape index (κ3) is 4.19. The van der Waals surface area contributed by atoms with Crippen LogP contribution >= 0.6 is 0 Å². The topological polar surface area (TPSA) is 118 Å². The third-order valence-corrected chi connectivity index (χ3v) is 4.93. The first-order valence-electron chi connectivity index (χ1n) is 9.29. The molecule has 2 saturated heterocycles. The molecule has 0 radical (unpaired) electrons. The number of aromatic nitrogens is 2. The van der Waals surface area contributed by atoms with E-state index in [0.717, 1.165) is 5.56 Å². The van der Waals surface area contributed by atoms with Gasteiger partial charge in [0.15, 0.2) is 0 Å². The zero-order valence-electron chi connectivity index (χ0n) is 15.9. The minimum Gasteiger partial charge on any atom is -0.375 e. The van der Waals surface area contributed by atoms with Crippen LogP contribution in [-0.4, -0.2) is 67.1 Å². The number of carbonyl (C=O) groups is 1. The number of ether oxygens (including phenoxy) is 3. The molecule has 2 aliphatic heterocycles. The van der Waals surface area contributed by atoms with Gasteiger partial charge in [0.1, 0.15) is 18.8 Å². The Balaban J connectivity index is 1.43. The number of nitrogens with zero attached hydrogens (tertiary/aromatic N) is 3. The molecule has 2 N–H and O–H groups in total. The number of hydrogen-bond donors (Lipinski definition) is 2. The molecule has 1 amide bonds. The van der Waals surface area contributed by atoms with E-state index >= 15 is 0 Å². The van der Waals surface area contributed by atoms with Gasteiger partial charge in [0.05, 0.1) is 42.6 Å². The summed E-state index contributed by atoms with van der Waals surface area (Å²) in [6.45, 7) is 0.803. The van der Waals surface area contributed by atoms with Crippen LogP contribution in [-0.2, 0) is 19.0 Å². The predicted octanol–water partition coefficient (Wildman–Crippen LogP) is 0.725. The van der Waals surface area contributed by atoms with Gasteiger partial charge in [-0.3, -0.25) is 4.79 Å². The quantitative estimate of drug-likeness (QED) is 0.735. The fraction of sp³-hybridized carbons (Fsp3) is 0.400. The van der Waals surface area contributed by atoms with E-state index in [4.69, 9.17) is 19.5 Å². The summed E-state index contributed by atoms with van der Waals surface area (Å²) < 4.78 is 16.6. The van der Waals surface area contributed by atoms with E-state index in [1.807, 2.05) is 12.1 Å². The predicted molar refractivity (Wildman–Crippen MR) is 103 cm³/mol. The summed E-state index contributed by atoms with van der Waals surface area (Å²) in [6, 6.07) is 10.8. The highest BCUT2D eigenvalue weighted by Crippen LogP contribution is 2.29. The van der Waals surface area contributed by atoms with E-state index in [1.165, 1.54) is 7.11 Å². The summed E-state index contributed by atoms with van der Waals surface area (Å²) in [6.07, 6.45) is 1.22. The third-order valence-electron chi connectivity index (χ3n) is 4.93. The average molecular weight is 395 g/mol. The lowest BCUT2D eigenvalue weighted by Crippen LogP contribution is -2.45. The smallest absolute Gasteiger partial charge is 0.246 e. The molecule has 29 heavy (non-hydrogen) atoms. The van der Waals surface area contributed by atoms with Gasteiger partial charge in [-0.05, 0) is 18.2 Å². The maximum Gasteiger partial charge on any atom is 0.246 e. The zero-order chi connectivity index (χ0) is 20.2. The van der Waals surface area contributed by atoms with Crippen LogP contribution in [0.4, 0.5) is 5.95 Å². The minimum absolute atomic E-state index is 0.00317. The Hall–Kier alpha value is -3.06. The first-order chi connectivity index (χ1) is 14.2. The second-order valence-electron chi connectivity index (χ2n) is 6.91. The monoisotopic (exact) mass is 395 g/mol. The van der Waals surface area contributed by atoms with Crippen LogP contribution in [0.2, 0.25) is 0 Å². The molecule has 0 saturated carbocycles. The Morgan fingerprint density at radius 3 is 2.86 bits per heavy atom. The maximum absolute atomic E-state index is 11.8. The number of benzene rings is 1. The molecule has 150 valence electrons. The van der Waals surface area contributed by atoms with Gasteiger partial charge in [-0.2, -0.15) is 5.26 Å². The number of hydrogen-bond acceptors (Lipinski definition) is 8. The number of rotatable bonds is 6. The number of carbonyl (C=O) groups excluding carboxylic acids is 1. The number of fused-ring (bicyclic) bond motifs is 1. The molecule has 1 aromatic heterocycles. The lowest BCUT2D eigenvalue weighted by Gasteiger charge is -2.18. The molecule has 1 aromatic carbocycles. The van der Waals surface area contributed by atoms with Crippen LogP contribution < -0.4 is 10.6 Å². The van der Waals surface area contributed by atoms with Gasteiger partial charge < -0.3 is 24.8 Å². The highest BCUT2D eigenvalue weighted by Gasteiger charge is 2.48. The maximum atomic E-state index is 11.8. The van der Waals surface area contributed by atoms with E-state index in [0.29, 0.717) is 30.4 Å². The zero-order valence-corrected chi connectivity index (χ0v) is 15.9. The molecule has 0 aliphatic carbocycles. The van der Waals surface area contributed by atoms with Crippen molar-refractivity contribution >= 4 is 11.9 Å². The Morgan fingerprint density at radius 2 is 2.07 bits per heavy atom. The van der Waals surface area contributed by atoms with Gasteiger partial charge in [0.2, 0.25) is 11.9 Å². The van der Waals surface area contributed by atoms with Crippen LogP contribution in [0, 0.1) is 11.3 Å². The minimum atomic E-state index is -0.233. The summed E-state index contributed by atoms with van der Waals surface area (Å²) in [7, 11) is 1.48. The first kappa shape index (κ1) is 19.3. The number of amides is 1. The standard InChI is InChI=1S/C20H21N5O4/c1-27-11-17(26)23-15-9-28-19-16(10-29-18(15)19)25-20-22-6-5-14(24-20)13-4-2-3-12(7-13)8-21/h2-7,15-16,18-19H,9-11H2,1H3,(H,23,26)(H,22,24,25)/t15-,16-,18+,19+/m0/s1. The summed E-state index contributed by atoms with van der Waals surface area (Å²) in [5, 5.41) is 15.2. The molecular weight excluding hydrogens is 374 g/mol. The van der Waals surface area contributed by atoms with Crippen LogP contribution in [0.3, 0.4) is 0 Å². The van der Waals surface area contributed by atoms with Crippen molar-refractivity contribution in [3.8, 4) is 17.3 Å². The summed E-state index contributed by atoms with van der Waals surface area (Å²) in [4.78, 5) is 20.6. The molecular formula is C20H21N5O4. The van der Waals surface area contributed by atoms with Gasteiger partial charge in [-0.1, -0.05) is 12.1 Å². The van der Waals surface area contributed by atoms with Gasteiger partial charge >= 0.3 is 0 Å². The summed E-state index contributed by atoms with van der Waals surface area (Å²) >= 11 is 0. The van der Waals surface area contributed by atoms with Crippen molar-refractivity contribution in [2.24, 2.45) is 0 Å².